The highest BCUT2D eigenvalue weighted by Gasteiger charge is 2.10. The van der Waals surface area contributed by atoms with Crippen molar-refractivity contribution in [2.45, 2.75) is 39.0 Å². The molecule has 6 nitrogen and oxygen atoms in total. The van der Waals surface area contributed by atoms with Crippen molar-refractivity contribution in [3.63, 3.8) is 0 Å². The van der Waals surface area contributed by atoms with Gasteiger partial charge in [-0.3, -0.25) is 0 Å². The Morgan fingerprint density at radius 2 is 1.92 bits per heavy atom. The molecule has 0 fully saturated rings. The molecular weight excluding hydrogens is 328 g/mol. The summed E-state index contributed by atoms with van der Waals surface area (Å²) in [6.07, 6.45) is 1.04. The van der Waals surface area contributed by atoms with Crippen molar-refractivity contribution in [3.8, 4) is 5.75 Å². The molecule has 0 saturated carbocycles. The first kappa shape index (κ1) is 16.6. The lowest BCUT2D eigenvalue weighted by Gasteiger charge is -2.08. The number of aromatic nitrogens is 2. The minimum absolute atomic E-state index is 0.167. The van der Waals surface area contributed by atoms with Gasteiger partial charge in [-0.1, -0.05) is 18.7 Å². The van der Waals surface area contributed by atoms with Crippen LogP contribution < -0.4 is 10.4 Å². The molecule has 7 heteroatoms. The van der Waals surface area contributed by atoms with Crippen molar-refractivity contribution in [1.29, 1.82) is 0 Å². The molecule has 2 heterocycles. The third kappa shape index (κ3) is 3.62. The van der Waals surface area contributed by atoms with E-state index in [0.29, 0.717) is 22.4 Å². The summed E-state index contributed by atoms with van der Waals surface area (Å²) < 4.78 is 16.5. The van der Waals surface area contributed by atoms with Gasteiger partial charge >= 0.3 is 5.63 Å². The second-order valence-corrected chi connectivity index (χ2v) is 6.51. The molecule has 2 aromatic heterocycles. The highest BCUT2D eigenvalue weighted by Crippen LogP contribution is 2.27. The van der Waals surface area contributed by atoms with Gasteiger partial charge in [0.2, 0.25) is 0 Å². The molecule has 3 rings (SSSR count). The number of nitrogens with zero attached hydrogens (tertiary/aromatic N) is 2. The van der Waals surface area contributed by atoms with Crippen molar-refractivity contribution in [2.24, 2.45) is 0 Å². The van der Waals surface area contributed by atoms with Crippen molar-refractivity contribution < 1.29 is 13.6 Å². The van der Waals surface area contributed by atoms with Crippen molar-refractivity contribution in [3.05, 3.63) is 45.6 Å². The smallest absolute Gasteiger partial charge is 0.336 e. The quantitative estimate of drug-likeness (QED) is 0.495. The van der Waals surface area contributed by atoms with Crippen molar-refractivity contribution in [1.82, 2.24) is 10.2 Å². The summed E-state index contributed by atoms with van der Waals surface area (Å²) in [7, 11) is 0. The maximum absolute atomic E-state index is 11.6. The molecule has 0 radical (unpaired) electrons. The topological polar surface area (TPSA) is 78.4 Å². The van der Waals surface area contributed by atoms with Gasteiger partial charge in [0.05, 0.1) is 0 Å². The fourth-order valence-corrected chi connectivity index (χ4v) is 3.10. The zero-order valence-electron chi connectivity index (χ0n) is 13.8. The van der Waals surface area contributed by atoms with Crippen LogP contribution in [0.1, 0.15) is 30.4 Å². The van der Waals surface area contributed by atoms with Crippen LogP contribution in [-0.4, -0.2) is 16.0 Å². The van der Waals surface area contributed by atoms with E-state index < -0.39 is 0 Å². The van der Waals surface area contributed by atoms with E-state index in [4.69, 9.17) is 13.6 Å². The number of thioether (sulfide) groups is 1. The Bertz CT molecular complexity index is 917. The molecule has 0 aliphatic carbocycles. The van der Waals surface area contributed by atoms with E-state index in [9.17, 15) is 4.79 Å². The summed E-state index contributed by atoms with van der Waals surface area (Å²) in [5, 5.41) is 9.40. The zero-order chi connectivity index (χ0) is 17.1. The average molecular weight is 346 g/mol. The van der Waals surface area contributed by atoms with E-state index >= 15 is 0 Å². The molecule has 0 spiro atoms. The van der Waals surface area contributed by atoms with Gasteiger partial charge in [0.15, 0.2) is 6.61 Å². The number of ether oxygens (including phenoxy) is 1. The van der Waals surface area contributed by atoms with Gasteiger partial charge < -0.3 is 13.6 Å². The van der Waals surface area contributed by atoms with E-state index in [2.05, 4.69) is 17.1 Å². The molecule has 0 aliphatic heterocycles. The van der Waals surface area contributed by atoms with Gasteiger partial charge in [0.1, 0.15) is 11.3 Å². The fraction of sp³-hybridized carbons (Fsp3) is 0.353. The Kier molecular flexibility index (Phi) is 4.89. The van der Waals surface area contributed by atoms with Gasteiger partial charge in [0.25, 0.3) is 11.1 Å². The SMILES string of the molecule is CCCSc1nnc(COc2cc(C)c3c(C)cc(=O)oc3c2)o1. The highest BCUT2D eigenvalue weighted by molar-refractivity contribution is 7.99. The van der Waals surface area contributed by atoms with E-state index in [1.807, 2.05) is 19.9 Å². The molecule has 0 amide bonds. The minimum atomic E-state index is -0.369. The summed E-state index contributed by atoms with van der Waals surface area (Å²) in [6, 6.07) is 5.10. The molecule has 126 valence electrons. The van der Waals surface area contributed by atoms with Gasteiger partial charge in [-0.25, -0.2) is 4.79 Å². The predicted molar refractivity (Wildman–Crippen MR) is 91.6 cm³/mol. The maximum atomic E-state index is 11.6. The van der Waals surface area contributed by atoms with Crippen LogP contribution in [0.3, 0.4) is 0 Å². The van der Waals surface area contributed by atoms with Crippen molar-refractivity contribution in [2.75, 3.05) is 5.75 Å². The first-order valence-corrected chi connectivity index (χ1v) is 8.68. The Labute approximate surface area is 143 Å². The summed E-state index contributed by atoms with van der Waals surface area (Å²) in [5.41, 5.74) is 2.01. The van der Waals surface area contributed by atoms with E-state index in [-0.39, 0.29) is 12.2 Å². The molecule has 24 heavy (non-hydrogen) atoms. The van der Waals surface area contributed by atoms with E-state index in [1.54, 1.807) is 6.07 Å². The summed E-state index contributed by atoms with van der Waals surface area (Å²) in [4.78, 5) is 11.6. The van der Waals surface area contributed by atoms with E-state index in [0.717, 1.165) is 28.7 Å². The van der Waals surface area contributed by atoms with Crippen LogP contribution in [-0.2, 0) is 6.61 Å². The van der Waals surface area contributed by atoms with E-state index in [1.165, 1.54) is 17.8 Å². The standard InChI is InChI=1S/C17H18N2O4S/c1-4-5-24-17-19-18-14(23-17)9-21-12-6-10(2)16-11(3)7-15(20)22-13(16)8-12/h6-8H,4-5,9H2,1-3H3. The fourth-order valence-electron chi connectivity index (χ4n) is 2.47. The molecule has 0 N–H and O–H groups in total. The van der Waals surface area contributed by atoms with Crippen LogP contribution in [0.15, 0.2) is 37.1 Å². The minimum Gasteiger partial charge on any atom is -0.484 e. The van der Waals surface area contributed by atoms with Crippen LogP contribution >= 0.6 is 11.8 Å². The molecular formula is C17H18N2O4S. The largest absolute Gasteiger partial charge is 0.484 e. The van der Waals surface area contributed by atoms with Gasteiger partial charge in [-0.2, -0.15) is 0 Å². The molecule has 1 aromatic carbocycles. The second-order valence-electron chi connectivity index (χ2n) is 5.46. The normalized spacial score (nSPS) is 11.1. The maximum Gasteiger partial charge on any atom is 0.336 e. The Morgan fingerprint density at radius 1 is 1.12 bits per heavy atom. The molecule has 0 aliphatic rings. The number of fused-ring (bicyclic) bond motifs is 1. The number of benzene rings is 1. The monoisotopic (exact) mass is 346 g/mol. The van der Waals surface area contributed by atoms with Gasteiger partial charge in [-0.15, -0.1) is 10.2 Å². The van der Waals surface area contributed by atoms with Gasteiger partial charge in [-0.05, 0) is 37.5 Å². The predicted octanol–water partition coefficient (Wildman–Crippen LogP) is 3.87. The lowest BCUT2D eigenvalue weighted by atomic mass is 10.1. The number of hydrogen-bond donors (Lipinski definition) is 0. The lowest BCUT2D eigenvalue weighted by Crippen LogP contribution is -2.00. The summed E-state index contributed by atoms with van der Waals surface area (Å²) >= 11 is 1.52. The Balaban J connectivity index is 1.78. The molecule has 0 unspecified atom stereocenters. The third-order valence-corrected chi connectivity index (χ3v) is 4.48. The van der Waals surface area contributed by atoms with Crippen LogP contribution in [0.2, 0.25) is 0 Å². The molecule has 0 bridgehead atoms. The van der Waals surface area contributed by atoms with Crippen LogP contribution in [0, 0.1) is 13.8 Å². The van der Waals surface area contributed by atoms with Crippen LogP contribution in [0.25, 0.3) is 11.0 Å². The number of rotatable bonds is 6. The lowest BCUT2D eigenvalue weighted by molar-refractivity contribution is 0.252. The Hall–Kier alpha value is -2.28. The molecule has 0 atom stereocenters. The first-order chi connectivity index (χ1) is 11.6. The average Bonchev–Trinajstić information content (AvgIpc) is 2.97. The molecule has 0 saturated heterocycles. The van der Waals surface area contributed by atoms with Crippen LogP contribution in [0.5, 0.6) is 5.75 Å². The summed E-state index contributed by atoms with van der Waals surface area (Å²) in [5.74, 6) is 1.94. The number of hydrogen-bond acceptors (Lipinski definition) is 7. The van der Waals surface area contributed by atoms with Crippen molar-refractivity contribution >= 4 is 22.7 Å². The summed E-state index contributed by atoms with van der Waals surface area (Å²) in [6.45, 7) is 6.10. The second kappa shape index (κ2) is 7.09. The first-order valence-electron chi connectivity index (χ1n) is 7.70. The zero-order valence-corrected chi connectivity index (χ0v) is 14.6. The third-order valence-electron chi connectivity index (χ3n) is 3.45. The molecule has 3 aromatic rings. The van der Waals surface area contributed by atoms with Crippen LogP contribution in [0.4, 0.5) is 0 Å². The highest BCUT2D eigenvalue weighted by atomic mass is 32.2. The number of aryl methyl sites for hydroxylation is 2. The van der Waals surface area contributed by atoms with Gasteiger partial charge in [0, 0.05) is 23.3 Å². The Morgan fingerprint density at radius 3 is 2.71 bits per heavy atom.